The summed E-state index contributed by atoms with van der Waals surface area (Å²) in [4.78, 5) is 9.60. The van der Waals surface area contributed by atoms with Gasteiger partial charge in [-0.05, 0) is 6.92 Å². The summed E-state index contributed by atoms with van der Waals surface area (Å²) in [5, 5.41) is 0. The van der Waals surface area contributed by atoms with E-state index in [2.05, 4.69) is 10.5 Å². The molecule has 4 radical (unpaired) electrons. The topological polar surface area (TPSA) is 52.3 Å². The Morgan fingerprint density at radius 2 is 2.00 bits per heavy atom. The van der Waals surface area contributed by atoms with E-state index in [9.17, 15) is 4.79 Å². The van der Waals surface area contributed by atoms with Gasteiger partial charge in [-0.25, -0.2) is 4.79 Å². The van der Waals surface area contributed by atoms with Crippen LogP contribution in [0.25, 0.3) is 0 Å². The molecule has 0 unspecified atom stereocenters. The van der Waals surface area contributed by atoms with Crippen molar-refractivity contribution in [2.45, 2.75) is 6.92 Å². The van der Waals surface area contributed by atoms with Crippen molar-refractivity contribution < 1.29 is 9.53 Å². The fourth-order valence-corrected chi connectivity index (χ4v) is 0.142. The van der Waals surface area contributed by atoms with Gasteiger partial charge in [0, 0.05) is 0 Å². The van der Waals surface area contributed by atoms with Crippen LogP contribution in [0.3, 0.4) is 0 Å². The maximum atomic E-state index is 9.60. The van der Waals surface area contributed by atoms with Gasteiger partial charge in [-0.15, -0.1) is 0 Å². The molecule has 0 heterocycles. The second-order valence-electron chi connectivity index (χ2n) is 0.752. The minimum atomic E-state index is -0.711. The van der Waals surface area contributed by atoms with E-state index in [1.54, 1.807) is 6.92 Å². The molecule has 0 saturated carbocycles. The zero-order valence-corrected chi connectivity index (χ0v) is 13.1. The third kappa shape index (κ3) is 15.8. The quantitative estimate of drug-likeness (QED) is 0.581. The van der Waals surface area contributed by atoms with Crippen LogP contribution in [0.5, 0.6) is 0 Å². The standard InChI is InChI=1S/C3H7NO2.2Sn.4H/c1-2-6-3(4)5;;;;;;/h2H2,1H3,(H2,4,5);;;;;;. The Morgan fingerprint density at radius 1 is 1.62 bits per heavy atom. The Hall–Kier alpha value is 0.867. The number of nitrogens with two attached hydrogens (primary N) is 1. The molecular formula is C3H11NO2Sn2. The number of primary amides is 1. The zero-order valence-electron chi connectivity index (χ0n) is 5.02. The van der Waals surface area contributed by atoms with Gasteiger partial charge in [-0.2, -0.15) is 0 Å². The van der Waals surface area contributed by atoms with Gasteiger partial charge in [0.05, 0.1) is 6.61 Å². The van der Waals surface area contributed by atoms with Crippen LogP contribution in [0.2, 0.25) is 0 Å². The molecule has 0 atom stereocenters. The van der Waals surface area contributed by atoms with Crippen molar-refractivity contribution in [1.29, 1.82) is 0 Å². The average molecular weight is 331 g/mol. The number of hydrogen-bond acceptors (Lipinski definition) is 2. The number of carbonyl (C=O) groups is 1. The first kappa shape index (κ1) is 15.9. The number of rotatable bonds is 1. The summed E-state index contributed by atoms with van der Waals surface area (Å²) in [5.41, 5.74) is 4.54. The molecule has 0 aliphatic carbocycles. The molecule has 0 fully saturated rings. The Balaban J connectivity index is -0.000000125. The van der Waals surface area contributed by atoms with Crippen LogP contribution in [-0.2, 0) is 4.74 Å². The van der Waals surface area contributed by atoms with Crippen LogP contribution in [0, 0.1) is 0 Å². The van der Waals surface area contributed by atoms with E-state index in [1.165, 1.54) is 0 Å². The molecular weight excluding hydrogens is 319 g/mol. The van der Waals surface area contributed by atoms with Crippen LogP contribution >= 0.6 is 0 Å². The molecule has 1 amide bonds. The van der Waals surface area contributed by atoms with Gasteiger partial charge >= 0.3 is 53.9 Å². The van der Waals surface area contributed by atoms with Crippen LogP contribution in [-0.4, -0.2) is 60.5 Å². The number of hydrogen-bond donors (Lipinski definition) is 1. The molecule has 0 bridgehead atoms. The van der Waals surface area contributed by atoms with Gasteiger partial charge in [0.25, 0.3) is 0 Å². The number of ether oxygens (including phenoxy) is 1. The van der Waals surface area contributed by atoms with E-state index in [4.69, 9.17) is 0 Å². The second-order valence-corrected chi connectivity index (χ2v) is 0.752. The summed E-state index contributed by atoms with van der Waals surface area (Å²) in [6.07, 6.45) is -0.711. The van der Waals surface area contributed by atoms with Crippen molar-refractivity contribution in [3.63, 3.8) is 0 Å². The molecule has 0 aromatic carbocycles. The van der Waals surface area contributed by atoms with Crippen molar-refractivity contribution in [1.82, 2.24) is 0 Å². The third-order valence-corrected chi connectivity index (χ3v) is 0.287. The Kier molecular flexibility index (Phi) is 21.5. The molecule has 0 spiro atoms. The summed E-state index contributed by atoms with van der Waals surface area (Å²) in [6, 6.07) is 0. The minimum absolute atomic E-state index is 0. The average Bonchev–Trinajstić information content (AvgIpc) is 1.35. The van der Waals surface area contributed by atoms with Crippen molar-refractivity contribution in [3.05, 3.63) is 0 Å². The third-order valence-electron chi connectivity index (χ3n) is 0.287. The molecule has 0 rings (SSSR count). The van der Waals surface area contributed by atoms with E-state index in [1.807, 2.05) is 0 Å². The van der Waals surface area contributed by atoms with E-state index in [-0.39, 0.29) is 47.8 Å². The van der Waals surface area contributed by atoms with Crippen LogP contribution in [0.4, 0.5) is 4.79 Å². The maximum absolute atomic E-state index is 9.60. The fraction of sp³-hybridized carbons (Fsp3) is 0.667. The molecule has 8 heavy (non-hydrogen) atoms. The van der Waals surface area contributed by atoms with Crippen LogP contribution in [0.15, 0.2) is 0 Å². The Bertz CT molecular complexity index is 59.2. The summed E-state index contributed by atoms with van der Waals surface area (Å²) in [7, 11) is 0. The SMILES string of the molecule is CCOC(N)=O.[SnH2].[SnH2]. The molecule has 5 heteroatoms. The van der Waals surface area contributed by atoms with Gasteiger partial charge in [0.15, 0.2) is 0 Å². The van der Waals surface area contributed by atoms with Gasteiger partial charge in [-0.3, -0.25) is 0 Å². The first-order chi connectivity index (χ1) is 2.77. The van der Waals surface area contributed by atoms with Gasteiger partial charge < -0.3 is 10.5 Å². The summed E-state index contributed by atoms with van der Waals surface area (Å²) in [5.74, 6) is 0. The van der Waals surface area contributed by atoms with Gasteiger partial charge in [-0.1, -0.05) is 0 Å². The monoisotopic (exact) mass is 333 g/mol. The normalized spacial score (nSPS) is 5.62. The molecule has 0 aromatic heterocycles. The molecule has 2 N–H and O–H groups in total. The first-order valence-electron chi connectivity index (χ1n) is 1.69. The van der Waals surface area contributed by atoms with Crippen LogP contribution < -0.4 is 5.73 Å². The van der Waals surface area contributed by atoms with Crippen molar-refractivity contribution >= 4 is 53.9 Å². The van der Waals surface area contributed by atoms with E-state index < -0.39 is 6.09 Å². The predicted octanol–water partition coefficient (Wildman–Crippen LogP) is -1.73. The summed E-state index contributed by atoms with van der Waals surface area (Å²) < 4.78 is 4.18. The summed E-state index contributed by atoms with van der Waals surface area (Å²) in [6.45, 7) is 2.06. The van der Waals surface area contributed by atoms with Gasteiger partial charge in [0.1, 0.15) is 0 Å². The summed E-state index contributed by atoms with van der Waals surface area (Å²) >= 11 is 0. The molecule has 0 aliphatic heterocycles. The molecule has 0 aliphatic rings. The molecule has 0 saturated heterocycles. The Morgan fingerprint density at radius 3 is 2.00 bits per heavy atom. The van der Waals surface area contributed by atoms with Crippen molar-refractivity contribution in [3.8, 4) is 0 Å². The fourth-order valence-electron chi connectivity index (χ4n) is 0.142. The van der Waals surface area contributed by atoms with Crippen LogP contribution in [0.1, 0.15) is 6.92 Å². The van der Waals surface area contributed by atoms with E-state index >= 15 is 0 Å². The Labute approximate surface area is 82.2 Å². The van der Waals surface area contributed by atoms with Crippen molar-refractivity contribution in [2.75, 3.05) is 6.61 Å². The first-order valence-corrected chi connectivity index (χ1v) is 1.69. The van der Waals surface area contributed by atoms with Crippen molar-refractivity contribution in [2.24, 2.45) is 5.73 Å². The predicted molar refractivity (Wildman–Crippen MR) is 38.3 cm³/mol. The zero-order chi connectivity index (χ0) is 4.99. The second kappa shape index (κ2) is 10.8. The van der Waals surface area contributed by atoms with Gasteiger partial charge in [0.2, 0.25) is 0 Å². The molecule has 48 valence electrons. The van der Waals surface area contributed by atoms with E-state index in [0.717, 1.165) is 0 Å². The molecule has 3 nitrogen and oxygen atoms in total. The molecule has 0 aromatic rings. The van der Waals surface area contributed by atoms with E-state index in [0.29, 0.717) is 6.61 Å². The number of carbonyl (C=O) groups excluding carboxylic acids is 1. The number of amides is 1.